The first-order chi connectivity index (χ1) is 12.7. The van der Waals surface area contributed by atoms with Crippen LogP contribution < -0.4 is 0 Å². The number of carbonyl (C=O) groups is 1. The van der Waals surface area contributed by atoms with Crippen molar-refractivity contribution in [2.45, 2.75) is 31.7 Å². The zero-order valence-corrected chi connectivity index (χ0v) is 15.4. The van der Waals surface area contributed by atoms with Crippen molar-refractivity contribution in [3.05, 3.63) is 59.0 Å². The summed E-state index contributed by atoms with van der Waals surface area (Å²) in [5.41, 5.74) is 1.79. The average Bonchev–Trinajstić information content (AvgIpc) is 3.32. The van der Waals surface area contributed by atoms with Gasteiger partial charge in [-0.1, -0.05) is 30.2 Å². The molecule has 0 spiro atoms. The van der Waals surface area contributed by atoms with Crippen LogP contribution in [0.2, 0.25) is 5.02 Å². The lowest BCUT2D eigenvalue weighted by Gasteiger charge is -2.29. The third kappa shape index (κ3) is 3.69. The highest BCUT2D eigenvalue weighted by atomic mass is 35.5. The maximum absolute atomic E-state index is 13.0. The molecule has 0 aliphatic carbocycles. The molecule has 6 heteroatoms. The molecule has 1 saturated heterocycles. The van der Waals surface area contributed by atoms with E-state index in [-0.39, 0.29) is 11.9 Å². The summed E-state index contributed by atoms with van der Waals surface area (Å²) in [6, 6.07) is 11.2. The first kappa shape index (κ1) is 17.3. The van der Waals surface area contributed by atoms with Crippen molar-refractivity contribution >= 4 is 23.2 Å². The molecule has 0 N–H and O–H groups in total. The summed E-state index contributed by atoms with van der Waals surface area (Å²) < 4.78 is 5.50. The third-order valence-corrected chi connectivity index (χ3v) is 5.25. The minimum atomic E-state index is -0.147. The van der Waals surface area contributed by atoms with Crippen LogP contribution in [0.25, 0.3) is 0 Å². The molecule has 5 nitrogen and oxygen atoms in total. The number of amides is 1. The van der Waals surface area contributed by atoms with Gasteiger partial charge >= 0.3 is 0 Å². The zero-order chi connectivity index (χ0) is 17.9. The van der Waals surface area contributed by atoms with Crippen LogP contribution in [-0.2, 0) is 4.79 Å². The number of hydrogen-bond donors (Lipinski definition) is 0. The van der Waals surface area contributed by atoms with Crippen LogP contribution in [0.15, 0.2) is 52.2 Å². The van der Waals surface area contributed by atoms with Gasteiger partial charge in [0.2, 0.25) is 0 Å². The third-order valence-electron chi connectivity index (χ3n) is 5.01. The fourth-order valence-corrected chi connectivity index (χ4v) is 3.89. The van der Waals surface area contributed by atoms with Gasteiger partial charge in [0.05, 0.1) is 18.8 Å². The monoisotopic (exact) mass is 371 g/mol. The van der Waals surface area contributed by atoms with Gasteiger partial charge < -0.3 is 4.42 Å². The largest absolute Gasteiger partial charge is 0.463 e. The van der Waals surface area contributed by atoms with Crippen molar-refractivity contribution in [3.8, 4) is 0 Å². The average molecular weight is 372 g/mol. The van der Waals surface area contributed by atoms with E-state index >= 15 is 0 Å². The molecule has 1 atom stereocenters. The number of benzene rings is 1. The van der Waals surface area contributed by atoms with E-state index < -0.39 is 0 Å². The predicted molar refractivity (Wildman–Crippen MR) is 101 cm³/mol. The van der Waals surface area contributed by atoms with Gasteiger partial charge in [-0.2, -0.15) is 5.10 Å². The van der Waals surface area contributed by atoms with Gasteiger partial charge in [0.15, 0.2) is 0 Å². The highest BCUT2D eigenvalue weighted by Crippen LogP contribution is 2.34. The molecule has 0 saturated carbocycles. The second-order valence-electron chi connectivity index (χ2n) is 6.87. The Hall–Kier alpha value is -2.11. The van der Waals surface area contributed by atoms with Gasteiger partial charge in [-0.15, -0.1) is 0 Å². The summed E-state index contributed by atoms with van der Waals surface area (Å²) in [7, 11) is 0. The van der Waals surface area contributed by atoms with Crippen molar-refractivity contribution in [3.63, 3.8) is 0 Å². The minimum absolute atomic E-state index is 0.0263. The zero-order valence-electron chi connectivity index (χ0n) is 14.6. The Kier molecular flexibility index (Phi) is 5.09. The van der Waals surface area contributed by atoms with Gasteiger partial charge in [0, 0.05) is 11.4 Å². The summed E-state index contributed by atoms with van der Waals surface area (Å²) in [5, 5.41) is 6.91. The second-order valence-corrected chi connectivity index (χ2v) is 7.31. The van der Waals surface area contributed by atoms with Crippen LogP contribution >= 0.6 is 11.6 Å². The first-order valence-corrected chi connectivity index (χ1v) is 9.50. The van der Waals surface area contributed by atoms with E-state index in [1.807, 2.05) is 36.4 Å². The molecule has 2 aromatic rings. The molecule has 3 heterocycles. The first-order valence-electron chi connectivity index (χ1n) is 9.12. The topological polar surface area (TPSA) is 49.1 Å². The molecule has 2 aliphatic heterocycles. The number of likely N-dealkylation sites (tertiary alicyclic amines) is 1. The molecule has 26 heavy (non-hydrogen) atoms. The smallest absolute Gasteiger partial charge is 0.257 e. The van der Waals surface area contributed by atoms with E-state index in [0.29, 0.717) is 23.7 Å². The van der Waals surface area contributed by atoms with Crippen molar-refractivity contribution in [1.29, 1.82) is 0 Å². The molecule has 1 aromatic heterocycles. The fraction of sp³-hybridized carbons (Fsp3) is 0.400. The van der Waals surface area contributed by atoms with Crippen LogP contribution in [-0.4, -0.2) is 41.2 Å². The number of hydrogen-bond acceptors (Lipinski definition) is 4. The van der Waals surface area contributed by atoms with E-state index in [1.165, 1.54) is 6.42 Å². The van der Waals surface area contributed by atoms with Crippen LogP contribution in [0.4, 0.5) is 0 Å². The van der Waals surface area contributed by atoms with Crippen LogP contribution in [0, 0.1) is 0 Å². The second kappa shape index (κ2) is 7.64. The van der Waals surface area contributed by atoms with Gasteiger partial charge in [0.25, 0.3) is 5.91 Å². The molecule has 136 valence electrons. The molecule has 2 aliphatic rings. The van der Waals surface area contributed by atoms with E-state index in [4.69, 9.17) is 16.0 Å². The Labute approximate surface area is 158 Å². The van der Waals surface area contributed by atoms with Gasteiger partial charge in [-0.3, -0.25) is 9.69 Å². The number of carbonyl (C=O) groups excluding carboxylic acids is 1. The molecule has 0 radical (unpaired) electrons. The normalized spacial score (nSPS) is 21.0. The van der Waals surface area contributed by atoms with E-state index in [9.17, 15) is 4.79 Å². The molecule has 0 unspecified atom stereocenters. The summed E-state index contributed by atoms with van der Waals surface area (Å²) in [6.07, 6.45) is 5.82. The number of furan rings is 1. The molecule has 4 rings (SSSR count). The van der Waals surface area contributed by atoms with Crippen molar-refractivity contribution in [1.82, 2.24) is 9.91 Å². The Morgan fingerprint density at radius 3 is 2.77 bits per heavy atom. The van der Waals surface area contributed by atoms with Gasteiger partial charge in [-0.25, -0.2) is 5.01 Å². The van der Waals surface area contributed by atoms with Crippen LogP contribution in [0.5, 0.6) is 0 Å². The van der Waals surface area contributed by atoms with Crippen LogP contribution in [0.3, 0.4) is 0 Å². The van der Waals surface area contributed by atoms with Crippen molar-refractivity contribution in [2.75, 3.05) is 19.6 Å². The number of hydrazone groups is 1. The highest BCUT2D eigenvalue weighted by Gasteiger charge is 2.34. The standard InChI is InChI=1S/C20H22ClN3O2/c21-16-7-4-6-15(12-16)18-13-17(19-8-5-11-26-19)22-24(18)20(25)14-23-9-2-1-3-10-23/h4-8,11-12,18H,1-3,9-10,13-14H2/t18-/m0/s1. The molecule has 1 fully saturated rings. The summed E-state index contributed by atoms with van der Waals surface area (Å²) in [5.74, 6) is 0.740. The van der Waals surface area contributed by atoms with Crippen molar-refractivity contribution < 1.29 is 9.21 Å². The number of piperidine rings is 1. The summed E-state index contributed by atoms with van der Waals surface area (Å²) >= 11 is 6.17. The molecular weight excluding hydrogens is 350 g/mol. The SMILES string of the molecule is O=C(CN1CCCCC1)N1N=C(c2ccco2)C[C@H]1c1cccc(Cl)c1. The van der Waals surface area contributed by atoms with E-state index in [0.717, 1.165) is 37.2 Å². The van der Waals surface area contributed by atoms with Crippen molar-refractivity contribution in [2.24, 2.45) is 5.10 Å². The van der Waals surface area contributed by atoms with Crippen LogP contribution in [0.1, 0.15) is 43.0 Å². The Bertz CT molecular complexity index is 797. The lowest BCUT2D eigenvalue weighted by molar-refractivity contribution is -0.134. The lowest BCUT2D eigenvalue weighted by atomic mass is 10.0. The molecule has 1 aromatic carbocycles. The number of halogens is 1. The Morgan fingerprint density at radius 2 is 2.04 bits per heavy atom. The number of nitrogens with zero attached hydrogens (tertiary/aromatic N) is 3. The number of rotatable bonds is 4. The van der Waals surface area contributed by atoms with Gasteiger partial charge in [0.1, 0.15) is 11.5 Å². The summed E-state index contributed by atoms with van der Waals surface area (Å²) in [6.45, 7) is 2.37. The molecule has 0 bridgehead atoms. The Balaban J connectivity index is 1.58. The summed E-state index contributed by atoms with van der Waals surface area (Å²) in [4.78, 5) is 15.2. The predicted octanol–water partition coefficient (Wildman–Crippen LogP) is 4.10. The maximum atomic E-state index is 13.0. The van der Waals surface area contributed by atoms with E-state index in [1.54, 1.807) is 11.3 Å². The lowest BCUT2D eigenvalue weighted by Crippen LogP contribution is -2.40. The maximum Gasteiger partial charge on any atom is 0.257 e. The molecular formula is C20H22ClN3O2. The van der Waals surface area contributed by atoms with E-state index in [2.05, 4.69) is 10.0 Å². The fourth-order valence-electron chi connectivity index (χ4n) is 3.69. The quantitative estimate of drug-likeness (QED) is 0.813. The van der Waals surface area contributed by atoms with Gasteiger partial charge in [-0.05, 0) is 55.8 Å². The highest BCUT2D eigenvalue weighted by molar-refractivity contribution is 6.30. The Morgan fingerprint density at radius 1 is 1.19 bits per heavy atom. The minimum Gasteiger partial charge on any atom is -0.463 e. The molecule has 1 amide bonds.